The van der Waals surface area contributed by atoms with Gasteiger partial charge in [-0.1, -0.05) is 26.1 Å². The fourth-order valence-corrected chi connectivity index (χ4v) is 2.33. The van der Waals surface area contributed by atoms with E-state index in [-0.39, 0.29) is 5.60 Å². The summed E-state index contributed by atoms with van der Waals surface area (Å²) in [6, 6.07) is 0. The molecule has 0 aromatic heterocycles. The number of rotatable bonds is 3. The summed E-state index contributed by atoms with van der Waals surface area (Å²) < 4.78 is 5.76. The Labute approximate surface area is 92.2 Å². The van der Waals surface area contributed by atoms with Crippen molar-refractivity contribution in [2.75, 3.05) is 6.61 Å². The van der Waals surface area contributed by atoms with Crippen LogP contribution in [0.15, 0.2) is 0 Å². The zero-order chi connectivity index (χ0) is 10.8. The molecule has 0 aromatic carbocycles. The van der Waals surface area contributed by atoms with E-state index in [0.29, 0.717) is 17.0 Å². The lowest BCUT2D eigenvalue weighted by molar-refractivity contribution is -0.0322. The monoisotopic (exact) mass is 215 g/mol. The van der Waals surface area contributed by atoms with Gasteiger partial charge in [-0.2, -0.15) is 0 Å². The minimum absolute atomic E-state index is 0.306. The summed E-state index contributed by atoms with van der Waals surface area (Å²) >= 11 is 5.12. The van der Waals surface area contributed by atoms with Crippen LogP contribution >= 0.6 is 12.2 Å². The largest absolute Gasteiger partial charge is 0.391 e. The molecular weight excluding hydrogens is 194 g/mol. The topological polar surface area (TPSA) is 35.2 Å². The van der Waals surface area contributed by atoms with Crippen molar-refractivity contribution in [1.82, 2.24) is 0 Å². The summed E-state index contributed by atoms with van der Waals surface area (Å²) in [6.07, 6.45) is 4.24. The highest BCUT2D eigenvalue weighted by Gasteiger charge is 2.41. The van der Waals surface area contributed by atoms with Gasteiger partial charge in [-0.05, 0) is 38.0 Å². The van der Waals surface area contributed by atoms with Gasteiger partial charge >= 0.3 is 0 Å². The van der Waals surface area contributed by atoms with Crippen molar-refractivity contribution >= 4 is 17.2 Å². The normalized spacial score (nSPS) is 24.5. The zero-order valence-corrected chi connectivity index (χ0v) is 10.2. The summed E-state index contributed by atoms with van der Waals surface area (Å²) in [7, 11) is 0. The van der Waals surface area contributed by atoms with Gasteiger partial charge in [0, 0.05) is 6.61 Å². The maximum atomic E-state index is 5.78. The van der Waals surface area contributed by atoms with E-state index in [9.17, 15) is 0 Å². The minimum Gasteiger partial charge on any atom is -0.391 e. The second kappa shape index (κ2) is 4.15. The average Bonchev–Trinajstić information content (AvgIpc) is 2.09. The van der Waals surface area contributed by atoms with E-state index in [0.717, 1.165) is 25.7 Å². The lowest BCUT2D eigenvalue weighted by Crippen LogP contribution is -2.49. The van der Waals surface area contributed by atoms with Crippen LogP contribution in [-0.2, 0) is 4.74 Å². The number of nitrogens with two attached hydrogens (primary N) is 1. The van der Waals surface area contributed by atoms with E-state index in [2.05, 4.69) is 13.8 Å². The molecule has 14 heavy (non-hydrogen) atoms. The molecule has 1 saturated carbocycles. The predicted molar refractivity (Wildman–Crippen MR) is 63.4 cm³/mol. The Morgan fingerprint density at radius 3 is 2.14 bits per heavy atom. The molecule has 1 aliphatic carbocycles. The Morgan fingerprint density at radius 1 is 1.29 bits per heavy atom. The van der Waals surface area contributed by atoms with E-state index in [1.807, 2.05) is 6.92 Å². The summed E-state index contributed by atoms with van der Waals surface area (Å²) in [5.74, 6) is 0. The molecule has 0 heterocycles. The molecule has 0 saturated heterocycles. The summed E-state index contributed by atoms with van der Waals surface area (Å²) in [5, 5.41) is 0. The van der Waals surface area contributed by atoms with Crippen molar-refractivity contribution in [1.29, 1.82) is 0 Å². The molecule has 3 heteroatoms. The van der Waals surface area contributed by atoms with Gasteiger partial charge in [-0.25, -0.2) is 0 Å². The van der Waals surface area contributed by atoms with Crippen molar-refractivity contribution in [3.05, 3.63) is 0 Å². The van der Waals surface area contributed by atoms with Crippen LogP contribution < -0.4 is 5.73 Å². The van der Waals surface area contributed by atoms with Crippen LogP contribution in [0.2, 0.25) is 0 Å². The smallest absolute Gasteiger partial charge is 0.118 e. The van der Waals surface area contributed by atoms with Gasteiger partial charge in [0.2, 0.25) is 0 Å². The SMILES string of the molecule is CCOC1(C(N)=S)CCC(C)(C)CC1. The van der Waals surface area contributed by atoms with Gasteiger partial charge in [0.05, 0.1) is 0 Å². The number of thiocarbonyl (C=S) groups is 1. The lowest BCUT2D eigenvalue weighted by atomic mass is 9.71. The lowest BCUT2D eigenvalue weighted by Gasteiger charge is -2.42. The first-order valence-corrected chi connectivity index (χ1v) is 5.77. The molecule has 0 bridgehead atoms. The fourth-order valence-electron chi connectivity index (χ4n) is 2.07. The first-order chi connectivity index (χ1) is 6.42. The van der Waals surface area contributed by atoms with Crippen molar-refractivity contribution in [3.8, 4) is 0 Å². The molecule has 1 aliphatic rings. The van der Waals surface area contributed by atoms with E-state index in [4.69, 9.17) is 22.7 Å². The summed E-state index contributed by atoms with van der Waals surface area (Å²) in [5.41, 5.74) is 5.90. The Hall–Kier alpha value is -0.150. The van der Waals surface area contributed by atoms with Crippen molar-refractivity contribution in [3.63, 3.8) is 0 Å². The Balaban J connectivity index is 2.69. The van der Waals surface area contributed by atoms with Gasteiger partial charge in [0.1, 0.15) is 10.6 Å². The third kappa shape index (κ3) is 2.45. The van der Waals surface area contributed by atoms with Crippen molar-refractivity contribution in [2.45, 2.75) is 52.1 Å². The number of hydrogen-bond acceptors (Lipinski definition) is 2. The van der Waals surface area contributed by atoms with E-state index in [1.54, 1.807) is 0 Å². The molecule has 0 aromatic rings. The van der Waals surface area contributed by atoms with Crippen LogP contribution in [0.25, 0.3) is 0 Å². The van der Waals surface area contributed by atoms with Crippen LogP contribution in [0.4, 0.5) is 0 Å². The van der Waals surface area contributed by atoms with Gasteiger partial charge < -0.3 is 10.5 Å². The van der Waals surface area contributed by atoms with Crippen molar-refractivity contribution in [2.24, 2.45) is 11.1 Å². The maximum Gasteiger partial charge on any atom is 0.118 e. The quantitative estimate of drug-likeness (QED) is 0.735. The Kier molecular flexibility index (Phi) is 3.53. The highest BCUT2D eigenvalue weighted by atomic mass is 32.1. The minimum atomic E-state index is -0.306. The van der Waals surface area contributed by atoms with Gasteiger partial charge in [-0.3, -0.25) is 0 Å². The summed E-state index contributed by atoms with van der Waals surface area (Å²) in [6.45, 7) is 7.28. The Morgan fingerprint density at radius 2 is 1.79 bits per heavy atom. The molecule has 1 rings (SSSR count). The zero-order valence-electron chi connectivity index (χ0n) is 9.43. The third-order valence-electron chi connectivity index (χ3n) is 3.28. The number of ether oxygens (including phenoxy) is 1. The number of hydrogen-bond donors (Lipinski definition) is 1. The predicted octanol–water partition coefficient (Wildman–Crippen LogP) is 2.65. The van der Waals surface area contributed by atoms with Crippen LogP contribution in [0.5, 0.6) is 0 Å². The molecule has 0 radical (unpaired) electrons. The van der Waals surface area contributed by atoms with Crippen LogP contribution in [0.1, 0.15) is 46.5 Å². The molecule has 2 nitrogen and oxygen atoms in total. The third-order valence-corrected chi connectivity index (χ3v) is 3.65. The second-order valence-electron chi connectivity index (χ2n) is 4.96. The van der Waals surface area contributed by atoms with Crippen LogP contribution in [0.3, 0.4) is 0 Å². The molecule has 0 aliphatic heterocycles. The standard InChI is InChI=1S/C11H21NOS/c1-4-13-11(9(12)14)7-5-10(2,3)6-8-11/h4-8H2,1-3H3,(H2,12,14). The second-order valence-corrected chi connectivity index (χ2v) is 5.40. The van der Waals surface area contributed by atoms with Crippen LogP contribution in [0, 0.1) is 5.41 Å². The van der Waals surface area contributed by atoms with Gasteiger partial charge in [0.25, 0.3) is 0 Å². The fraction of sp³-hybridized carbons (Fsp3) is 0.909. The average molecular weight is 215 g/mol. The maximum absolute atomic E-state index is 5.78. The highest BCUT2D eigenvalue weighted by molar-refractivity contribution is 7.80. The molecule has 0 atom stereocenters. The van der Waals surface area contributed by atoms with Gasteiger partial charge in [0.15, 0.2) is 0 Å². The summed E-state index contributed by atoms with van der Waals surface area (Å²) in [4.78, 5) is 0.537. The van der Waals surface area contributed by atoms with E-state index >= 15 is 0 Å². The molecule has 2 N–H and O–H groups in total. The van der Waals surface area contributed by atoms with E-state index in [1.165, 1.54) is 0 Å². The highest BCUT2D eigenvalue weighted by Crippen LogP contribution is 2.42. The van der Waals surface area contributed by atoms with Gasteiger partial charge in [-0.15, -0.1) is 0 Å². The molecule has 82 valence electrons. The molecular formula is C11H21NOS. The molecule has 0 amide bonds. The van der Waals surface area contributed by atoms with Crippen LogP contribution in [-0.4, -0.2) is 17.2 Å². The van der Waals surface area contributed by atoms with E-state index < -0.39 is 0 Å². The Bertz CT molecular complexity index is 215. The molecule has 0 unspecified atom stereocenters. The first kappa shape index (κ1) is 11.9. The molecule has 0 spiro atoms. The molecule has 1 fully saturated rings. The first-order valence-electron chi connectivity index (χ1n) is 5.36. The van der Waals surface area contributed by atoms with Crippen molar-refractivity contribution < 1.29 is 4.74 Å².